The molecule has 3 aromatic rings. The number of hydrogen-bond donors (Lipinski definition) is 2. The maximum atomic E-state index is 12.8. The van der Waals surface area contributed by atoms with Crippen molar-refractivity contribution in [1.29, 1.82) is 0 Å². The number of ether oxygens (including phenoxy) is 2. The fourth-order valence-corrected chi connectivity index (χ4v) is 4.74. The predicted octanol–water partition coefficient (Wildman–Crippen LogP) is 4.70. The van der Waals surface area contributed by atoms with E-state index in [1.54, 1.807) is 30.0 Å². The van der Waals surface area contributed by atoms with Crippen molar-refractivity contribution in [1.82, 2.24) is 9.55 Å². The van der Waals surface area contributed by atoms with Gasteiger partial charge in [-0.05, 0) is 43.9 Å². The molecule has 1 saturated carbocycles. The van der Waals surface area contributed by atoms with Crippen LogP contribution < -0.4 is 10.6 Å². The number of carbonyl (C=O) groups excluding carboxylic acids is 2. The van der Waals surface area contributed by atoms with Gasteiger partial charge in [-0.1, -0.05) is 19.3 Å². The Bertz CT molecular complexity index is 1130. The summed E-state index contributed by atoms with van der Waals surface area (Å²) >= 11 is 0. The fraction of sp³-hybridized carbons (Fsp3) is 0.480. The lowest BCUT2D eigenvalue weighted by molar-refractivity contribution is 0.0588. The number of carbonyl (C=O) groups is 2. The van der Waals surface area contributed by atoms with E-state index in [2.05, 4.69) is 22.5 Å². The Balaban J connectivity index is 1.75. The summed E-state index contributed by atoms with van der Waals surface area (Å²) in [4.78, 5) is 30.3. The first kappa shape index (κ1) is 23.8. The van der Waals surface area contributed by atoms with Gasteiger partial charge in [0, 0.05) is 25.1 Å². The Morgan fingerprint density at radius 1 is 1.26 bits per heavy atom. The summed E-state index contributed by atoms with van der Waals surface area (Å²) in [6.45, 7) is 2.93. The number of nitrogens with one attached hydrogen (secondary N) is 2. The van der Waals surface area contributed by atoms with Crippen LogP contribution in [0.25, 0.3) is 11.0 Å². The second kappa shape index (κ2) is 10.7. The second-order valence-corrected chi connectivity index (χ2v) is 8.72. The average molecular weight is 469 g/mol. The largest absolute Gasteiger partial charge is 0.464 e. The molecular formula is C25H32N4O5. The molecular weight excluding hydrogens is 436 g/mol. The summed E-state index contributed by atoms with van der Waals surface area (Å²) in [5.41, 5.74) is 1.93. The third-order valence-corrected chi connectivity index (χ3v) is 6.53. The van der Waals surface area contributed by atoms with Crippen molar-refractivity contribution in [2.24, 2.45) is 5.92 Å². The van der Waals surface area contributed by atoms with E-state index in [1.165, 1.54) is 45.5 Å². The van der Waals surface area contributed by atoms with Gasteiger partial charge in [0.25, 0.3) is 5.91 Å². The molecule has 34 heavy (non-hydrogen) atoms. The number of pyridine rings is 1. The monoisotopic (exact) mass is 468 g/mol. The first-order chi connectivity index (χ1) is 16.5. The van der Waals surface area contributed by atoms with Crippen LogP contribution in [0.5, 0.6) is 0 Å². The van der Waals surface area contributed by atoms with Crippen molar-refractivity contribution in [3.63, 3.8) is 0 Å². The van der Waals surface area contributed by atoms with Crippen molar-refractivity contribution >= 4 is 34.3 Å². The standard InChI is InChI=1S/C25H32N4O5/c1-16(17-8-5-4-6-9-17)27-18-14-19-21(28-24(30)20-10-7-12-34-20)22(25(31)33-3)29(11-13-32-2)23(19)26-15-18/h7,10,12,14-17,27H,4-6,8-9,11,13H2,1-3H3,(H,28,30). The first-order valence-electron chi connectivity index (χ1n) is 11.7. The van der Waals surface area contributed by atoms with E-state index < -0.39 is 11.9 Å². The lowest BCUT2D eigenvalue weighted by atomic mass is 9.84. The van der Waals surface area contributed by atoms with Crippen molar-refractivity contribution in [3.8, 4) is 0 Å². The fourth-order valence-electron chi connectivity index (χ4n) is 4.74. The molecule has 3 heterocycles. The van der Waals surface area contributed by atoms with Crippen LogP contribution in [0.3, 0.4) is 0 Å². The van der Waals surface area contributed by atoms with E-state index in [0.29, 0.717) is 35.8 Å². The summed E-state index contributed by atoms with van der Waals surface area (Å²) in [5.74, 6) is -0.287. The molecule has 0 bridgehead atoms. The molecule has 0 aromatic carbocycles. The SMILES string of the molecule is COCCn1c(C(=O)OC)c(NC(=O)c2ccco2)c2cc(NC(C)C3CCCCC3)cnc21. The van der Waals surface area contributed by atoms with Gasteiger partial charge in [0.05, 0.1) is 37.6 Å². The Morgan fingerprint density at radius 3 is 2.74 bits per heavy atom. The molecule has 1 fully saturated rings. The van der Waals surface area contributed by atoms with Gasteiger partial charge in [-0.25, -0.2) is 9.78 Å². The van der Waals surface area contributed by atoms with E-state index >= 15 is 0 Å². The number of amides is 1. The quantitative estimate of drug-likeness (QED) is 0.439. The Hall–Kier alpha value is -3.33. The van der Waals surface area contributed by atoms with Crippen molar-refractivity contribution in [3.05, 3.63) is 42.1 Å². The van der Waals surface area contributed by atoms with E-state index in [0.717, 1.165) is 5.69 Å². The number of esters is 1. The smallest absolute Gasteiger partial charge is 0.356 e. The number of rotatable bonds is 9. The van der Waals surface area contributed by atoms with Crippen LogP contribution in [0.2, 0.25) is 0 Å². The number of nitrogens with zero attached hydrogens (tertiary/aromatic N) is 2. The maximum absolute atomic E-state index is 12.8. The summed E-state index contributed by atoms with van der Waals surface area (Å²) in [5, 5.41) is 7.07. The minimum absolute atomic E-state index is 0.141. The topological polar surface area (TPSA) is 108 Å². The Morgan fingerprint density at radius 2 is 2.06 bits per heavy atom. The van der Waals surface area contributed by atoms with E-state index in [9.17, 15) is 9.59 Å². The average Bonchev–Trinajstić information content (AvgIpc) is 3.50. The molecule has 0 spiro atoms. The second-order valence-electron chi connectivity index (χ2n) is 8.72. The van der Waals surface area contributed by atoms with E-state index in [-0.39, 0.29) is 17.5 Å². The molecule has 1 atom stereocenters. The zero-order chi connectivity index (χ0) is 24.1. The molecule has 1 aliphatic carbocycles. The highest BCUT2D eigenvalue weighted by molar-refractivity contribution is 6.14. The Kier molecular flexibility index (Phi) is 7.52. The molecule has 0 aliphatic heterocycles. The minimum Gasteiger partial charge on any atom is -0.464 e. The third kappa shape index (κ3) is 4.94. The summed E-state index contributed by atoms with van der Waals surface area (Å²) in [7, 11) is 2.90. The van der Waals surface area contributed by atoms with Crippen molar-refractivity contribution < 1.29 is 23.5 Å². The highest BCUT2D eigenvalue weighted by Gasteiger charge is 2.27. The molecule has 4 rings (SSSR count). The maximum Gasteiger partial charge on any atom is 0.356 e. The number of hydrogen-bond acceptors (Lipinski definition) is 7. The van der Waals surface area contributed by atoms with Crippen LogP contribution in [-0.2, 0) is 16.0 Å². The summed E-state index contributed by atoms with van der Waals surface area (Å²) in [6.07, 6.45) is 9.46. The van der Waals surface area contributed by atoms with Gasteiger partial charge in [0.1, 0.15) is 5.65 Å². The van der Waals surface area contributed by atoms with Crippen LogP contribution in [0.15, 0.2) is 35.1 Å². The van der Waals surface area contributed by atoms with Crippen molar-refractivity contribution in [2.45, 2.75) is 51.6 Å². The molecule has 9 heteroatoms. The molecule has 1 aliphatic rings. The molecule has 3 aromatic heterocycles. The normalized spacial score (nSPS) is 15.3. The summed E-state index contributed by atoms with van der Waals surface area (Å²) in [6, 6.07) is 5.41. The number of aromatic nitrogens is 2. The molecule has 2 N–H and O–H groups in total. The van der Waals surface area contributed by atoms with Gasteiger partial charge >= 0.3 is 5.97 Å². The number of methoxy groups -OCH3 is 2. The number of fused-ring (bicyclic) bond motifs is 1. The van der Waals surface area contributed by atoms with E-state index in [4.69, 9.17) is 13.9 Å². The van der Waals surface area contributed by atoms with Gasteiger partial charge in [0.15, 0.2) is 11.5 Å². The molecule has 1 amide bonds. The lowest BCUT2D eigenvalue weighted by Crippen LogP contribution is -2.27. The van der Waals surface area contributed by atoms with E-state index in [1.807, 2.05) is 6.07 Å². The van der Waals surface area contributed by atoms with Gasteiger partial charge in [-0.2, -0.15) is 0 Å². The Labute approximate surface area is 198 Å². The highest BCUT2D eigenvalue weighted by Crippen LogP contribution is 2.34. The number of furan rings is 1. The van der Waals surface area contributed by atoms with Gasteiger partial charge in [-0.3, -0.25) is 4.79 Å². The van der Waals surface area contributed by atoms with Gasteiger partial charge < -0.3 is 29.1 Å². The van der Waals surface area contributed by atoms with Crippen LogP contribution in [0.4, 0.5) is 11.4 Å². The first-order valence-corrected chi connectivity index (χ1v) is 11.7. The molecule has 1 unspecified atom stereocenters. The lowest BCUT2D eigenvalue weighted by Gasteiger charge is -2.28. The molecule has 0 saturated heterocycles. The van der Waals surface area contributed by atoms with Crippen LogP contribution in [0, 0.1) is 5.92 Å². The molecule has 9 nitrogen and oxygen atoms in total. The predicted molar refractivity (Wildman–Crippen MR) is 129 cm³/mol. The molecule has 182 valence electrons. The zero-order valence-corrected chi connectivity index (χ0v) is 19.9. The van der Waals surface area contributed by atoms with Crippen molar-refractivity contribution in [2.75, 3.05) is 31.5 Å². The third-order valence-electron chi connectivity index (χ3n) is 6.53. The van der Waals surface area contributed by atoms with Crippen LogP contribution >= 0.6 is 0 Å². The van der Waals surface area contributed by atoms with Crippen LogP contribution in [0.1, 0.15) is 60.1 Å². The summed E-state index contributed by atoms with van der Waals surface area (Å²) < 4.78 is 17.3. The van der Waals surface area contributed by atoms with Gasteiger partial charge in [-0.15, -0.1) is 0 Å². The zero-order valence-electron chi connectivity index (χ0n) is 19.9. The minimum atomic E-state index is -0.575. The highest BCUT2D eigenvalue weighted by atomic mass is 16.5. The molecule has 0 radical (unpaired) electrons. The van der Waals surface area contributed by atoms with Crippen LogP contribution in [-0.4, -0.2) is 48.3 Å². The van der Waals surface area contributed by atoms with Gasteiger partial charge in [0.2, 0.25) is 0 Å². The number of anilines is 2.